The van der Waals surface area contributed by atoms with Crippen molar-refractivity contribution in [3.8, 4) is 5.75 Å². The molecule has 0 aliphatic carbocycles. The van der Waals surface area contributed by atoms with E-state index in [9.17, 15) is 9.59 Å². The van der Waals surface area contributed by atoms with Crippen molar-refractivity contribution in [2.24, 2.45) is 11.5 Å². The van der Waals surface area contributed by atoms with Crippen LogP contribution in [0.2, 0.25) is 0 Å². The van der Waals surface area contributed by atoms with Crippen LogP contribution < -0.4 is 21.1 Å². The number of carbonyl (C=O) groups is 2. The molecule has 2 amide bonds. The number of para-hydroxylation sites is 2. The molecular weight excluding hydrogens is 274 g/mol. The average Bonchev–Trinajstić information content (AvgIpc) is 2.50. The van der Waals surface area contributed by atoms with E-state index in [1.807, 2.05) is 0 Å². The molecular formula is C14H19N3O4. The van der Waals surface area contributed by atoms with E-state index in [0.29, 0.717) is 24.5 Å². The summed E-state index contributed by atoms with van der Waals surface area (Å²) in [5.74, 6) is -0.457. The Kier molecular flexibility index (Phi) is 4.77. The molecule has 7 heteroatoms. The maximum absolute atomic E-state index is 12.5. The summed E-state index contributed by atoms with van der Waals surface area (Å²) in [6.45, 7) is 0.448. The first-order valence-electron chi connectivity index (χ1n) is 6.65. The quantitative estimate of drug-likeness (QED) is 0.770. The van der Waals surface area contributed by atoms with Crippen LogP contribution in [0.25, 0.3) is 0 Å². The van der Waals surface area contributed by atoms with Crippen LogP contribution in [0.15, 0.2) is 24.3 Å². The van der Waals surface area contributed by atoms with Gasteiger partial charge in [-0.3, -0.25) is 9.59 Å². The van der Waals surface area contributed by atoms with E-state index in [0.717, 1.165) is 0 Å². The topological polar surface area (TPSA) is 108 Å². The SMILES string of the molecule is COCCC(N)C(=O)N1CC(C(N)=O)Oc2ccccc21. The lowest BCUT2D eigenvalue weighted by atomic mass is 10.1. The van der Waals surface area contributed by atoms with E-state index in [-0.39, 0.29) is 12.5 Å². The van der Waals surface area contributed by atoms with Crippen molar-refractivity contribution in [1.29, 1.82) is 0 Å². The number of amides is 2. The van der Waals surface area contributed by atoms with Gasteiger partial charge >= 0.3 is 0 Å². The molecule has 2 rings (SSSR count). The van der Waals surface area contributed by atoms with E-state index < -0.39 is 18.1 Å². The average molecular weight is 293 g/mol. The number of benzene rings is 1. The van der Waals surface area contributed by atoms with Gasteiger partial charge in [0.15, 0.2) is 6.10 Å². The fourth-order valence-corrected chi connectivity index (χ4v) is 2.16. The van der Waals surface area contributed by atoms with E-state index in [4.69, 9.17) is 20.9 Å². The highest BCUT2D eigenvalue weighted by atomic mass is 16.5. The van der Waals surface area contributed by atoms with Gasteiger partial charge in [0.1, 0.15) is 5.75 Å². The van der Waals surface area contributed by atoms with E-state index in [1.165, 1.54) is 4.90 Å². The van der Waals surface area contributed by atoms with Crippen LogP contribution in [0, 0.1) is 0 Å². The van der Waals surface area contributed by atoms with Crippen LogP contribution >= 0.6 is 0 Å². The highest BCUT2D eigenvalue weighted by Gasteiger charge is 2.34. The summed E-state index contributed by atoms with van der Waals surface area (Å²) in [5, 5.41) is 0. The molecule has 4 N–H and O–H groups in total. The number of hydrogen-bond donors (Lipinski definition) is 2. The molecule has 0 spiro atoms. The second-order valence-electron chi connectivity index (χ2n) is 4.81. The minimum Gasteiger partial charge on any atom is -0.477 e. The van der Waals surface area contributed by atoms with Crippen LogP contribution in [0.3, 0.4) is 0 Å². The molecule has 2 unspecified atom stereocenters. The van der Waals surface area contributed by atoms with Gasteiger partial charge in [-0.05, 0) is 18.6 Å². The Morgan fingerprint density at radius 3 is 2.86 bits per heavy atom. The van der Waals surface area contributed by atoms with Gasteiger partial charge < -0.3 is 25.8 Å². The number of methoxy groups -OCH3 is 1. The molecule has 0 saturated heterocycles. The molecule has 1 aliphatic rings. The molecule has 21 heavy (non-hydrogen) atoms. The smallest absolute Gasteiger partial charge is 0.260 e. The maximum atomic E-state index is 12.5. The molecule has 114 valence electrons. The van der Waals surface area contributed by atoms with Crippen molar-refractivity contribution in [2.45, 2.75) is 18.6 Å². The second-order valence-corrected chi connectivity index (χ2v) is 4.81. The summed E-state index contributed by atoms with van der Waals surface area (Å²) in [6, 6.07) is 6.27. The summed E-state index contributed by atoms with van der Waals surface area (Å²) in [7, 11) is 1.55. The molecule has 0 fully saturated rings. The van der Waals surface area contributed by atoms with Gasteiger partial charge in [-0.15, -0.1) is 0 Å². The lowest BCUT2D eigenvalue weighted by Crippen LogP contribution is -2.53. The summed E-state index contributed by atoms with van der Waals surface area (Å²) in [4.78, 5) is 25.3. The van der Waals surface area contributed by atoms with Crippen molar-refractivity contribution in [2.75, 3.05) is 25.2 Å². The molecule has 1 aliphatic heterocycles. The Bertz CT molecular complexity index is 535. The zero-order valence-corrected chi connectivity index (χ0v) is 11.8. The lowest BCUT2D eigenvalue weighted by Gasteiger charge is -2.34. The predicted molar refractivity (Wildman–Crippen MR) is 76.9 cm³/mol. The van der Waals surface area contributed by atoms with Crippen molar-refractivity contribution >= 4 is 17.5 Å². The fraction of sp³-hybridized carbons (Fsp3) is 0.429. The zero-order chi connectivity index (χ0) is 15.4. The number of rotatable bonds is 5. The van der Waals surface area contributed by atoms with Gasteiger partial charge in [0.05, 0.1) is 18.3 Å². The first kappa shape index (κ1) is 15.3. The number of hydrogen-bond acceptors (Lipinski definition) is 5. The van der Waals surface area contributed by atoms with Gasteiger partial charge in [0.2, 0.25) is 5.91 Å². The van der Waals surface area contributed by atoms with Gasteiger partial charge in [-0.25, -0.2) is 0 Å². The number of nitrogens with zero attached hydrogens (tertiary/aromatic N) is 1. The van der Waals surface area contributed by atoms with E-state index in [1.54, 1.807) is 31.4 Å². The molecule has 0 aromatic heterocycles. The molecule has 1 aromatic rings. The van der Waals surface area contributed by atoms with Gasteiger partial charge in [0.25, 0.3) is 5.91 Å². The zero-order valence-electron chi connectivity index (χ0n) is 11.8. The van der Waals surface area contributed by atoms with Crippen molar-refractivity contribution in [3.05, 3.63) is 24.3 Å². The molecule has 0 saturated carbocycles. The molecule has 0 radical (unpaired) electrons. The second kappa shape index (κ2) is 6.55. The summed E-state index contributed by atoms with van der Waals surface area (Å²) < 4.78 is 10.4. The number of nitrogens with two attached hydrogens (primary N) is 2. The van der Waals surface area contributed by atoms with Crippen molar-refractivity contribution in [3.63, 3.8) is 0 Å². The summed E-state index contributed by atoms with van der Waals surface area (Å²) >= 11 is 0. The largest absolute Gasteiger partial charge is 0.477 e. The van der Waals surface area contributed by atoms with Crippen LogP contribution in [-0.2, 0) is 14.3 Å². The van der Waals surface area contributed by atoms with Crippen LogP contribution in [-0.4, -0.2) is 44.2 Å². The summed E-state index contributed by atoms with van der Waals surface area (Å²) in [6.07, 6.45) is -0.478. The third-order valence-corrected chi connectivity index (χ3v) is 3.31. The van der Waals surface area contributed by atoms with Gasteiger partial charge in [-0.1, -0.05) is 12.1 Å². The fourth-order valence-electron chi connectivity index (χ4n) is 2.16. The van der Waals surface area contributed by atoms with Crippen molar-refractivity contribution < 1.29 is 19.1 Å². The Morgan fingerprint density at radius 2 is 2.19 bits per heavy atom. The number of ether oxygens (including phenoxy) is 2. The van der Waals surface area contributed by atoms with E-state index >= 15 is 0 Å². The van der Waals surface area contributed by atoms with Crippen LogP contribution in [0.5, 0.6) is 5.75 Å². The molecule has 1 aromatic carbocycles. The highest BCUT2D eigenvalue weighted by molar-refractivity contribution is 6.00. The molecule has 2 atom stereocenters. The third-order valence-electron chi connectivity index (χ3n) is 3.31. The maximum Gasteiger partial charge on any atom is 0.260 e. The first-order chi connectivity index (χ1) is 10.0. The minimum absolute atomic E-state index is 0.0614. The number of carbonyl (C=O) groups excluding carboxylic acids is 2. The van der Waals surface area contributed by atoms with Crippen molar-refractivity contribution in [1.82, 2.24) is 0 Å². The number of anilines is 1. The normalized spacial score (nSPS) is 18.6. The predicted octanol–water partition coefficient (Wildman–Crippen LogP) is -0.370. The third kappa shape index (κ3) is 3.32. The number of fused-ring (bicyclic) bond motifs is 1. The summed E-state index contributed by atoms with van der Waals surface area (Å²) in [5.41, 5.74) is 11.8. The molecule has 1 heterocycles. The van der Waals surface area contributed by atoms with Crippen LogP contribution in [0.1, 0.15) is 6.42 Å². The Labute approximate surface area is 122 Å². The lowest BCUT2D eigenvalue weighted by molar-refractivity contribution is -0.125. The van der Waals surface area contributed by atoms with Crippen LogP contribution in [0.4, 0.5) is 5.69 Å². The van der Waals surface area contributed by atoms with Gasteiger partial charge in [0, 0.05) is 13.7 Å². The first-order valence-corrected chi connectivity index (χ1v) is 6.65. The number of primary amides is 1. The monoisotopic (exact) mass is 293 g/mol. The Morgan fingerprint density at radius 1 is 1.48 bits per heavy atom. The standard InChI is InChI=1S/C14H19N3O4/c1-20-7-6-9(15)14(19)17-8-12(13(16)18)21-11-5-3-2-4-10(11)17/h2-5,9,12H,6-8,15H2,1H3,(H2,16,18). The molecule has 7 nitrogen and oxygen atoms in total. The van der Waals surface area contributed by atoms with E-state index in [2.05, 4.69) is 0 Å². The van der Waals surface area contributed by atoms with Gasteiger partial charge in [-0.2, -0.15) is 0 Å². The molecule has 0 bridgehead atoms. The minimum atomic E-state index is -0.876. The highest BCUT2D eigenvalue weighted by Crippen LogP contribution is 2.33. The Balaban J connectivity index is 2.24. The Hall–Kier alpha value is -2.12.